The smallest absolute Gasteiger partial charge is 0.259 e. The van der Waals surface area contributed by atoms with E-state index in [1.54, 1.807) is 18.2 Å². The fraction of sp³-hybridized carbons (Fsp3) is 0.423. The third-order valence-electron chi connectivity index (χ3n) is 13.7. The van der Waals surface area contributed by atoms with E-state index in [-0.39, 0.29) is 36.6 Å². The van der Waals surface area contributed by atoms with Crippen molar-refractivity contribution in [1.29, 1.82) is 0 Å². The number of carbonyl (C=O) groups excluding carboxylic acids is 5. The number of anilines is 4. The zero-order valence-electron chi connectivity index (χ0n) is 39.5. The van der Waals surface area contributed by atoms with Crippen LogP contribution in [0, 0.1) is 11.6 Å². The molecule has 3 saturated heterocycles. The number of benzene rings is 4. The van der Waals surface area contributed by atoms with E-state index in [1.165, 1.54) is 17.0 Å². The topological polar surface area (TPSA) is 213 Å². The lowest BCUT2D eigenvalue weighted by Gasteiger charge is -2.36. The largest absolute Gasteiger partial charge is 0.384 e. The van der Waals surface area contributed by atoms with Gasteiger partial charge in [0.05, 0.1) is 23.2 Å². The lowest BCUT2D eigenvalue weighted by atomic mass is 10.0. The normalized spacial score (nSPS) is 18.7. The number of unbranched alkanes of at least 4 members (excludes halogenated alkanes) is 4. The molecule has 374 valence electrons. The second-order valence-corrected chi connectivity index (χ2v) is 18.8. The fourth-order valence-corrected chi connectivity index (χ4v) is 9.97. The average molecular weight is 975 g/mol. The Bertz CT molecular complexity index is 2750. The lowest BCUT2D eigenvalue weighted by molar-refractivity contribution is -0.139. The number of nitrogens with zero attached hydrogens (tertiary/aromatic N) is 4. The zero-order valence-corrected chi connectivity index (χ0v) is 39.5. The van der Waals surface area contributed by atoms with E-state index in [0.717, 1.165) is 62.3 Å². The van der Waals surface area contributed by atoms with E-state index in [4.69, 9.17) is 4.74 Å². The first-order valence-electron chi connectivity index (χ1n) is 24.6. The first-order chi connectivity index (χ1) is 34.5. The summed E-state index contributed by atoms with van der Waals surface area (Å²) in [5, 5.41) is 34.3. The van der Waals surface area contributed by atoms with Gasteiger partial charge in [-0.25, -0.2) is 8.78 Å². The van der Waals surface area contributed by atoms with E-state index >= 15 is 0 Å². The second kappa shape index (κ2) is 22.4. The molecule has 7 N–H and O–H groups in total. The molecule has 17 nitrogen and oxygen atoms in total. The molecule has 4 aliphatic rings. The summed E-state index contributed by atoms with van der Waals surface area (Å²) in [6, 6.07) is 19.2. The number of carbonyl (C=O) groups is 5. The number of aliphatic hydroxyl groups excluding tert-OH is 1. The number of fused-ring (bicyclic) bond motifs is 2. The van der Waals surface area contributed by atoms with Gasteiger partial charge < -0.3 is 36.0 Å². The Kier molecular flexibility index (Phi) is 15.5. The Hall–Kier alpha value is -6.96. The summed E-state index contributed by atoms with van der Waals surface area (Å²) in [5.74, 6) is -2.67. The van der Waals surface area contributed by atoms with Crippen molar-refractivity contribution >= 4 is 63.3 Å². The number of H-pyrrole nitrogens is 1. The van der Waals surface area contributed by atoms with Crippen molar-refractivity contribution in [3.63, 3.8) is 0 Å². The van der Waals surface area contributed by atoms with Gasteiger partial charge in [0.15, 0.2) is 12.0 Å². The van der Waals surface area contributed by atoms with Crippen LogP contribution in [0.4, 0.5) is 31.7 Å². The molecular formula is C52H60F2N10O7. The van der Waals surface area contributed by atoms with Gasteiger partial charge in [0.1, 0.15) is 17.7 Å². The molecule has 71 heavy (non-hydrogen) atoms. The molecular weight excluding hydrogens is 915 g/mol. The number of halogens is 2. The molecule has 4 aromatic carbocycles. The van der Waals surface area contributed by atoms with Crippen molar-refractivity contribution in [2.24, 2.45) is 0 Å². The number of aromatic nitrogens is 2. The van der Waals surface area contributed by atoms with Crippen LogP contribution in [0.3, 0.4) is 0 Å². The minimum Gasteiger partial charge on any atom is -0.384 e. The number of hydrogen-bond donors (Lipinski definition) is 7. The standard InChI is InChI=1S/C52H60F2N10O7/c53-34-26-33(27-35(54)29-34)25-32-9-12-41-40(28-32)48(61-60-41)59-49(67)38-11-10-37(30-43(38)57-36-15-23-71-24-16-36)63-21-19-62(20-22-63)31-46(66)56-18-5-3-1-2-4-17-55-42-8-6-7-39-47(42)52(70)64(51(39)69)44-13-14-45(65)58-50(44)68/h6-12,26-30,36,44,51,55,57,69H,1-5,13-25,31H2,(H,56,66)(H,58,65,68)(H2,59,60,61,67). The van der Waals surface area contributed by atoms with E-state index < -0.39 is 35.7 Å². The van der Waals surface area contributed by atoms with Gasteiger partial charge in [0, 0.05) is 99.0 Å². The summed E-state index contributed by atoms with van der Waals surface area (Å²) in [7, 11) is 0. The van der Waals surface area contributed by atoms with Crippen LogP contribution in [-0.4, -0.2) is 126 Å². The Morgan fingerprint density at radius 1 is 0.817 bits per heavy atom. The van der Waals surface area contributed by atoms with Crippen molar-refractivity contribution in [2.45, 2.75) is 82.5 Å². The van der Waals surface area contributed by atoms with Gasteiger partial charge in [0.2, 0.25) is 17.7 Å². The summed E-state index contributed by atoms with van der Waals surface area (Å²) in [4.78, 5) is 70.1. The van der Waals surface area contributed by atoms with Gasteiger partial charge in [-0.2, -0.15) is 5.10 Å². The van der Waals surface area contributed by atoms with Crippen molar-refractivity contribution in [3.8, 4) is 0 Å². The molecule has 1 aromatic heterocycles. The van der Waals surface area contributed by atoms with Crippen molar-refractivity contribution in [2.75, 3.05) is 79.9 Å². The first-order valence-corrected chi connectivity index (χ1v) is 24.6. The van der Waals surface area contributed by atoms with Gasteiger partial charge in [0.25, 0.3) is 11.8 Å². The van der Waals surface area contributed by atoms with Gasteiger partial charge in [-0.1, -0.05) is 37.5 Å². The molecule has 2 unspecified atom stereocenters. The third kappa shape index (κ3) is 11.8. The number of piperidine rings is 1. The van der Waals surface area contributed by atoms with Gasteiger partial charge >= 0.3 is 0 Å². The number of ether oxygens (including phenoxy) is 1. The molecule has 4 aliphatic heterocycles. The number of hydrogen-bond acceptors (Lipinski definition) is 12. The Morgan fingerprint density at radius 3 is 2.35 bits per heavy atom. The number of nitrogens with one attached hydrogen (secondary N) is 6. The zero-order chi connectivity index (χ0) is 49.4. The van der Waals surface area contributed by atoms with E-state index in [9.17, 15) is 37.9 Å². The summed E-state index contributed by atoms with van der Waals surface area (Å²) in [5.41, 5.74) is 5.54. The summed E-state index contributed by atoms with van der Waals surface area (Å²) in [6.07, 6.45) is 5.54. The maximum Gasteiger partial charge on any atom is 0.259 e. The van der Waals surface area contributed by atoms with Crippen LogP contribution in [0.25, 0.3) is 10.9 Å². The van der Waals surface area contributed by atoms with Crippen LogP contribution < -0.4 is 31.5 Å². The number of aromatic amines is 1. The van der Waals surface area contributed by atoms with Crippen molar-refractivity contribution in [1.82, 2.24) is 30.6 Å². The van der Waals surface area contributed by atoms with Crippen molar-refractivity contribution < 1.29 is 42.6 Å². The molecule has 5 aromatic rings. The molecule has 0 bridgehead atoms. The van der Waals surface area contributed by atoms with Crippen LogP contribution in [0.5, 0.6) is 0 Å². The summed E-state index contributed by atoms with van der Waals surface area (Å²) in [6.45, 7) is 5.62. The fourth-order valence-electron chi connectivity index (χ4n) is 9.97. The lowest BCUT2D eigenvalue weighted by Crippen LogP contribution is -2.53. The maximum absolute atomic E-state index is 14.0. The minimum atomic E-state index is -1.26. The molecule has 19 heteroatoms. The highest BCUT2D eigenvalue weighted by atomic mass is 19.1. The number of rotatable bonds is 19. The average Bonchev–Trinajstić information content (AvgIpc) is 3.86. The molecule has 5 heterocycles. The maximum atomic E-state index is 14.0. The Balaban J connectivity index is 0.705. The highest BCUT2D eigenvalue weighted by molar-refractivity contribution is 6.11. The molecule has 0 spiro atoms. The van der Waals surface area contributed by atoms with Crippen LogP contribution in [-0.2, 0) is 25.5 Å². The Labute approximate surface area is 410 Å². The Morgan fingerprint density at radius 2 is 1.58 bits per heavy atom. The minimum absolute atomic E-state index is 0.00456. The van der Waals surface area contributed by atoms with Crippen LogP contribution in [0.15, 0.2) is 72.8 Å². The molecule has 9 rings (SSSR count). The molecule has 2 atom stereocenters. The quantitative estimate of drug-likeness (QED) is 0.0385. The van der Waals surface area contributed by atoms with E-state index in [0.29, 0.717) is 116 Å². The molecule has 3 fully saturated rings. The van der Waals surface area contributed by atoms with Crippen LogP contribution >= 0.6 is 0 Å². The molecule has 0 aliphatic carbocycles. The van der Waals surface area contributed by atoms with E-state index in [1.807, 2.05) is 36.4 Å². The number of imide groups is 1. The molecule has 0 radical (unpaired) electrons. The van der Waals surface area contributed by atoms with Gasteiger partial charge in [-0.3, -0.25) is 44.2 Å². The van der Waals surface area contributed by atoms with Gasteiger partial charge in [-0.05, 0) is 98.2 Å². The van der Waals surface area contributed by atoms with Crippen LogP contribution in [0.1, 0.15) is 101 Å². The highest BCUT2D eigenvalue weighted by Crippen LogP contribution is 2.39. The van der Waals surface area contributed by atoms with Gasteiger partial charge in [-0.15, -0.1) is 0 Å². The number of piperazine rings is 1. The first kappa shape index (κ1) is 49.0. The number of aliphatic hydroxyl groups is 1. The highest BCUT2D eigenvalue weighted by Gasteiger charge is 2.45. The molecule has 0 saturated carbocycles. The molecule has 5 amide bonds. The van der Waals surface area contributed by atoms with Crippen LogP contribution in [0.2, 0.25) is 0 Å². The predicted molar refractivity (Wildman–Crippen MR) is 264 cm³/mol. The van der Waals surface area contributed by atoms with Crippen molar-refractivity contribution in [3.05, 3.63) is 112 Å². The van der Waals surface area contributed by atoms with E-state index in [2.05, 4.69) is 46.6 Å². The monoisotopic (exact) mass is 974 g/mol. The SMILES string of the molecule is O=C(CN1CCN(c2ccc(C(=O)Nc3n[nH]c4ccc(Cc5cc(F)cc(F)c5)cc34)c(NC3CCOCC3)c2)CC1)NCCCCCCCNc1cccc2c1C(=O)N(C1CCC(=O)NC1=O)C2O. The summed E-state index contributed by atoms with van der Waals surface area (Å²) < 4.78 is 33.4. The second-order valence-electron chi connectivity index (χ2n) is 18.8. The predicted octanol–water partition coefficient (Wildman–Crippen LogP) is 5.83. The third-order valence-corrected chi connectivity index (χ3v) is 13.7. The number of amides is 5. The summed E-state index contributed by atoms with van der Waals surface area (Å²) >= 11 is 0.